The molecule has 0 spiro atoms. The summed E-state index contributed by atoms with van der Waals surface area (Å²) < 4.78 is 13.1. The van der Waals surface area contributed by atoms with Gasteiger partial charge in [-0.1, -0.05) is 54.6 Å². The van der Waals surface area contributed by atoms with Crippen LogP contribution in [0.5, 0.6) is 0 Å². The highest BCUT2D eigenvalue weighted by Crippen LogP contribution is 2.29. The molecule has 1 heterocycles. The molecule has 0 aliphatic rings. The summed E-state index contributed by atoms with van der Waals surface area (Å²) in [5.41, 5.74) is 4.07. The zero-order valence-electron chi connectivity index (χ0n) is 12.4. The molecule has 0 unspecified atom stereocenters. The first kappa shape index (κ1) is 13.6. The van der Waals surface area contributed by atoms with Gasteiger partial charge in [-0.2, -0.15) is 0 Å². The number of hydrogen-bond acceptors (Lipinski definition) is 1. The van der Waals surface area contributed by atoms with Crippen LogP contribution in [0.3, 0.4) is 0 Å². The second kappa shape index (κ2) is 5.65. The molecule has 0 atom stereocenters. The van der Waals surface area contributed by atoms with Crippen LogP contribution in [0.2, 0.25) is 0 Å². The Kier molecular flexibility index (Phi) is 3.35. The SMILES string of the molecule is Fc1ccc(-c2cccc(-c3nccc4ccccc34)c2)cc1. The molecule has 4 rings (SSSR count). The standard InChI is InChI=1S/C21H14FN/c22-19-10-8-15(9-11-19)17-5-3-6-18(14-17)21-20-7-2-1-4-16(20)12-13-23-21/h1-14H. The van der Waals surface area contributed by atoms with E-state index in [0.29, 0.717) is 0 Å². The highest BCUT2D eigenvalue weighted by molar-refractivity contribution is 5.95. The predicted molar refractivity (Wildman–Crippen MR) is 92.6 cm³/mol. The maximum atomic E-state index is 13.1. The number of nitrogens with zero attached hydrogens (tertiary/aromatic N) is 1. The number of fused-ring (bicyclic) bond motifs is 1. The molecule has 2 heteroatoms. The van der Waals surface area contributed by atoms with Gasteiger partial charge in [-0.05, 0) is 40.8 Å². The summed E-state index contributed by atoms with van der Waals surface area (Å²) in [5.74, 6) is -0.222. The Balaban J connectivity index is 1.86. The van der Waals surface area contributed by atoms with E-state index in [-0.39, 0.29) is 5.82 Å². The minimum atomic E-state index is -0.222. The fraction of sp³-hybridized carbons (Fsp3) is 0. The van der Waals surface area contributed by atoms with Crippen LogP contribution in [-0.4, -0.2) is 4.98 Å². The van der Waals surface area contributed by atoms with E-state index in [1.54, 1.807) is 12.1 Å². The fourth-order valence-electron chi connectivity index (χ4n) is 2.84. The lowest BCUT2D eigenvalue weighted by Gasteiger charge is -2.08. The summed E-state index contributed by atoms with van der Waals surface area (Å²) >= 11 is 0. The maximum Gasteiger partial charge on any atom is 0.123 e. The Labute approximate surface area is 134 Å². The van der Waals surface area contributed by atoms with Gasteiger partial charge >= 0.3 is 0 Å². The van der Waals surface area contributed by atoms with Crippen LogP contribution >= 0.6 is 0 Å². The van der Waals surface area contributed by atoms with Crippen molar-refractivity contribution in [3.05, 3.63) is 90.9 Å². The second-order valence-electron chi connectivity index (χ2n) is 5.47. The first-order valence-electron chi connectivity index (χ1n) is 7.51. The molecule has 0 aliphatic carbocycles. The molecule has 0 amide bonds. The number of hydrogen-bond donors (Lipinski definition) is 0. The van der Waals surface area contributed by atoms with Crippen molar-refractivity contribution >= 4 is 10.8 Å². The van der Waals surface area contributed by atoms with Crippen molar-refractivity contribution in [3.63, 3.8) is 0 Å². The molecule has 1 nitrogen and oxygen atoms in total. The van der Waals surface area contributed by atoms with Crippen molar-refractivity contribution in [1.29, 1.82) is 0 Å². The van der Waals surface area contributed by atoms with Gasteiger partial charge in [-0.25, -0.2) is 4.39 Å². The Morgan fingerprint density at radius 1 is 0.652 bits per heavy atom. The first-order chi connectivity index (χ1) is 11.3. The van der Waals surface area contributed by atoms with E-state index in [2.05, 4.69) is 29.2 Å². The van der Waals surface area contributed by atoms with E-state index >= 15 is 0 Å². The van der Waals surface area contributed by atoms with Gasteiger partial charge in [0.15, 0.2) is 0 Å². The molecule has 0 bridgehead atoms. The van der Waals surface area contributed by atoms with Crippen LogP contribution in [0, 0.1) is 5.82 Å². The molecule has 3 aromatic carbocycles. The topological polar surface area (TPSA) is 12.9 Å². The third-order valence-corrected chi connectivity index (χ3v) is 3.99. The zero-order valence-corrected chi connectivity index (χ0v) is 12.4. The molecule has 0 saturated heterocycles. The highest BCUT2D eigenvalue weighted by Gasteiger charge is 2.06. The number of aromatic nitrogens is 1. The monoisotopic (exact) mass is 299 g/mol. The summed E-state index contributed by atoms with van der Waals surface area (Å²) in [6.07, 6.45) is 1.84. The van der Waals surface area contributed by atoms with Crippen molar-refractivity contribution in [1.82, 2.24) is 4.98 Å². The highest BCUT2D eigenvalue weighted by atomic mass is 19.1. The predicted octanol–water partition coefficient (Wildman–Crippen LogP) is 5.71. The molecule has 0 aliphatic heterocycles. The van der Waals surface area contributed by atoms with E-state index < -0.39 is 0 Å². The van der Waals surface area contributed by atoms with Crippen molar-refractivity contribution in [3.8, 4) is 22.4 Å². The summed E-state index contributed by atoms with van der Waals surface area (Å²) in [4.78, 5) is 4.57. The van der Waals surface area contributed by atoms with Crippen LogP contribution in [-0.2, 0) is 0 Å². The number of pyridine rings is 1. The molecular formula is C21H14FN. The van der Waals surface area contributed by atoms with E-state index in [4.69, 9.17) is 0 Å². The quantitative estimate of drug-likeness (QED) is 0.462. The molecule has 4 aromatic rings. The lowest BCUT2D eigenvalue weighted by atomic mass is 9.99. The molecule has 0 fully saturated rings. The summed E-state index contributed by atoms with van der Waals surface area (Å²) in [6, 6.07) is 25.0. The fourth-order valence-corrected chi connectivity index (χ4v) is 2.84. The van der Waals surface area contributed by atoms with Crippen LogP contribution in [0.1, 0.15) is 0 Å². The molecule has 1 aromatic heterocycles. The Hall–Kier alpha value is -3.00. The van der Waals surface area contributed by atoms with E-state index in [1.807, 2.05) is 36.5 Å². The molecular weight excluding hydrogens is 285 g/mol. The lowest BCUT2D eigenvalue weighted by molar-refractivity contribution is 0.628. The third-order valence-electron chi connectivity index (χ3n) is 3.99. The number of benzene rings is 3. The first-order valence-corrected chi connectivity index (χ1v) is 7.51. The van der Waals surface area contributed by atoms with Gasteiger partial charge in [0.05, 0.1) is 5.69 Å². The van der Waals surface area contributed by atoms with Crippen LogP contribution < -0.4 is 0 Å². The Morgan fingerprint density at radius 3 is 2.30 bits per heavy atom. The third kappa shape index (κ3) is 2.59. The van der Waals surface area contributed by atoms with Gasteiger partial charge in [0.2, 0.25) is 0 Å². The maximum absolute atomic E-state index is 13.1. The van der Waals surface area contributed by atoms with Crippen molar-refractivity contribution in [2.45, 2.75) is 0 Å². The van der Waals surface area contributed by atoms with Gasteiger partial charge in [0.25, 0.3) is 0 Å². The van der Waals surface area contributed by atoms with Crippen molar-refractivity contribution in [2.24, 2.45) is 0 Å². The van der Waals surface area contributed by atoms with Crippen LogP contribution in [0.4, 0.5) is 4.39 Å². The van der Waals surface area contributed by atoms with E-state index in [9.17, 15) is 4.39 Å². The van der Waals surface area contributed by atoms with Crippen LogP contribution in [0.25, 0.3) is 33.2 Å². The zero-order chi connectivity index (χ0) is 15.6. The van der Waals surface area contributed by atoms with Gasteiger partial charge in [-0.3, -0.25) is 4.98 Å². The largest absolute Gasteiger partial charge is 0.256 e. The van der Waals surface area contributed by atoms with Crippen molar-refractivity contribution in [2.75, 3.05) is 0 Å². The van der Waals surface area contributed by atoms with E-state index in [0.717, 1.165) is 27.8 Å². The van der Waals surface area contributed by atoms with Crippen LogP contribution in [0.15, 0.2) is 85.1 Å². The minimum absolute atomic E-state index is 0.222. The number of halogens is 1. The Morgan fingerprint density at radius 2 is 1.43 bits per heavy atom. The Bertz CT molecular complexity index is 969. The van der Waals surface area contributed by atoms with Gasteiger partial charge in [0.1, 0.15) is 5.82 Å². The summed E-state index contributed by atoms with van der Waals surface area (Å²) in [5, 5.41) is 2.30. The number of rotatable bonds is 2. The van der Waals surface area contributed by atoms with Crippen molar-refractivity contribution < 1.29 is 4.39 Å². The molecule has 0 saturated carbocycles. The smallest absolute Gasteiger partial charge is 0.123 e. The van der Waals surface area contributed by atoms with Gasteiger partial charge < -0.3 is 0 Å². The van der Waals surface area contributed by atoms with Gasteiger partial charge in [0, 0.05) is 17.1 Å². The molecule has 0 radical (unpaired) electrons. The second-order valence-corrected chi connectivity index (χ2v) is 5.47. The average molecular weight is 299 g/mol. The van der Waals surface area contributed by atoms with E-state index in [1.165, 1.54) is 17.5 Å². The average Bonchev–Trinajstić information content (AvgIpc) is 2.62. The summed E-state index contributed by atoms with van der Waals surface area (Å²) in [6.45, 7) is 0. The van der Waals surface area contributed by atoms with Gasteiger partial charge in [-0.15, -0.1) is 0 Å². The summed E-state index contributed by atoms with van der Waals surface area (Å²) in [7, 11) is 0. The molecule has 0 N–H and O–H groups in total. The minimum Gasteiger partial charge on any atom is -0.256 e. The molecule has 23 heavy (non-hydrogen) atoms. The normalized spacial score (nSPS) is 10.8. The lowest BCUT2D eigenvalue weighted by Crippen LogP contribution is -1.87. The molecule has 110 valence electrons.